The minimum Gasteiger partial charge on any atom is -0.488 e. The third kappa shape index (κ3) is 3.31. The maximum absolute atomic E-state index is 11.0. The maximum Gasteiger partial charge on any atom is 0.157 e. The standard InChI is InChI=1S/C12H15NO3S/c13-6-2-4-10-3-1-5-11(7-10)16-12-8-17(14,15)9-12/h1-5,7,12H,6,8-9,13H2/b4-2+. The Morgan fingerprint density at radius 1 is 1.41 bits per heavy atom. The van der Waals surface area contributed by atoms with Gasteiger partial charge < -0.3 is 10.5 Å². The van der Waals surface area contributed by atoms with Gasteiger partial charge in [-0.1, -0.05) is 24.3 Å². The van der Waals surface area contributed by atoms with E-state index < -0.39 is 9.84 Å². The highest BCUT2D eigenvalue weighted by molar-refractivity contribution is 7.92. The topological polar surface area (TPSA) is 69.4 Å². The lowest BCUT2D eigenvalue weighted by Gasteiger charge is -2.26. The van der Waals surface area contributed by atoms with Crippen molar-refractivity contribution in [2.45, 2.75) is 6.10 Å². The number of hydrogen-bond donors (Lipinski definition) is 1. The van der Waals surface area contributed by atoms with Gasteiger partial charge in [-0.25, -0.2) is 8.42 Å². The van der Waals surface area contributed by atoms with Crippen LogP contribution in [-0.4, -0.2) is 32.6 Å². The molecule has 2 N–H and O–H groups in total. The van der Waals surface area contributed by atoms with Crippen molar-refractivity contribution in [3.8, 4) is 5.75 Å². The summed E-state index contributed by atoms with van der Waals surface area (Å²) < 4.78 is 27.5. The minimum absolute atomic E-state index is 0.121. The first-order valence-electron chi connectivity index (χ1n) is 5.43. The first-order valence-corrected chi connectivity index (χ1v) is 7.25. The summed E-state index contributed by atoms with van der Waals surface area (Å²) in [7, 11) is -2.83. The van der Waals surface area contributed by atoms with Crippen LogP contribution in [0.4, 0.5) is 0 Å². The molecule has 0 aromatic heterocycles. The smallest absolute Gasteiger partial charge is 0.157 e. The lowest BCUT2D eigenvalue weighted by molar-refractivity contribution is 0.230. The molecule has 1 aliphatic heterocycles. The van der Waals surface area contributed by atoms with Gasteiger partial charge in [-0.05, 0) is 17.7 Å². The number of ether oxygens (including phenoxy) is 1. The summed E-state index contributed by atoms with van der Waals surface area (Å²) in [5.41, 5.74) is 6.37. The zero-order chi connectivity index (χ0) is 12.3. The van der Waals surface area contributed by atoms with E-state index in [-0.39, 0.29) is 17.6 Å². The molecule has 17 heavy (non-hydrogen) atoms. The predicted molar refractivity (Wildman–Crippen MR) is 67.6 cm³/mol. The average Bonchev–Trinajstić information content (AvgIpc) is 2.24. The number of nitrogens with two attached hydrogens (primary N) is 1. The van der Waals surface area contributed by atoms with E-state index >= 15 is 0 Å². The molecule has 1 aromatic rings. The van der Waals surface area contributed by atoms with E-state index in [1.807, 2.05) is 36.4 Å². The molecule has 1 heterocycles. The van der Waals surface area contributed by atoms with Gasteiger partial charge in [0.1, 0.15) is 11.9 Å². The molecule has 0 aliphatic carbocycles. The van der Waals surface area contributed by atoms with Crippen molar-refractivity contribution in [2.24, 2.45) is 5.73 Å². The van der Waals surface area contributed by atoms with Gasteiger partial charge in [0.2, 0.25) is 0 Å². The Balaban J connectivity index is 2.00. The lowest BCUT2D eigenvalue weighted by Crippen LogP contribution is -2.45. The Kier molecular flexibility index (Phi) is 3.49. The summed E-state index contributed by atoms with van der Waals surface area (Å²) in [6.07, 6.45) is 3.56. The summed E-state index contributed by atoms with van der Waals surface area (Å²) in [6, 6.07) is 7.51. The summed E-state index contributed by atoms with van der Waals surface area (Å²) in [5, 5.41) is 0. The van der Waals surface area contributed by atoms with Gasteiger partial charge in [0.25, 0.3) is 0 Å². The Bertz CT molecular complexity index is 510. The van der Waals surface area contributed by atoms with Gasteiger partial charge in [0, 0.05) is 6.54 Å². The quantitative estimate of drug-likeness (QED) is 0.863. The molecule has 1 saturated heterocycles. The van der Waals surface area contributed by atoms with Gasteiger partial charge in [-0.2, -0.15) is 0 Å². The second kappa shape index (κ2) is 4.89. The van der Waals surface area contributed by atoms with Gasteiger partial charge >= 0.3 is 0 Å². The fourth-order valence-corrected chi connectivity index (χ4v) is 2.85. The van der Waals surface area contributed by atoms with Crippen molar-refractivity contribution in [3.63, 3.8) is 0 Å². The SMILES string of the molecule is NC/C=C/c1cccc(OC2CS(=O)(=O)C2)c1. The first-order chi connectivity index (χ1) is 8.09. The van der Waals surface area contributed by atoms with Crippen molar-refractivity contribution >= 4 is 15.9 Å². The zero-order valence-electron chi connectivity index (χ0n) is 9.37. The van der Waals surface area contributed by atoms with Crippen LogP contribution in [-0.2, 0) is 9.84 Å². The van der Waals surface area contributed by atoms with Crippen LogP contribution in [0.5, 0.6) is 5.75 Å². The molecule has 2 rings (SSSR count). The first kappa shape index (κ1) is 12.1. The molecular weight excluding hydrogens is 238 g/mol. The zero-order valence-corrected chi connectivity index (χ0v) is 10.2. The molecule has 1 fully saturated rings. The summed E-state index contributed by atoms with van der Waals surface area (Å²) in [6.45, 7) is 0.492. The molecule has 0 unspecified atom stereocenters. The summed E-state index contributed by atoms with van der Waals surface area (Å²) >= 11 is 0. The molecule has 4 nitrogen and oxygen atoms in total. The number of hydrogen-bond acceptors (Lipinski definition) is 4. The fourth-order valence-electron chi connectivity index (χ4n) is 1.67. The van der Waals surface area contributed by atoms with Crippen LogP contribution in [0.25, 0.3) is 6.08 Å². The molecule has 1 aromatic carbocycles. The Hall–Kier alpha value is -1.33. The van der Waals surface area contributed by atoms with Gasteiger partial charge in [-0.15, -0.1) is 0 Å². The van der Waals surface area contributed by atoms with Crippen molar-refractivity contribution in [1.82, 2.24) is 0 Å². The van der Waals surface area contributed by atoms with Crippen LogP contribution >= 0.6 is 0 Å². The van der Waals surface area contributed by atoms with Crippen LogP contribution in [0.15, 0.2) is 30.3 Å². The van der Waals surface area contributed by atoms with Crippen molar-refractivity contribution in [1.29, 1.82) is 0 Å². The Morgan fingerprint density at radius 2 is 2.18 bits per heavy atom. The van der Waals surface area contributed by atoms with Crippen LogP contribution in [0.3, 0.4) is 0 Å². The van der Waals surface area contributed by atoms with E-state index in [0.29, 0.717) is 12.3 Å². The normalized spacial score (nSPS) is 19.1. The Morgan fingerprint density at radius 3 is 2.82 bits per heavy atom. The maximum atomic E-state index is 11.0. The van der Waals surface area contributed by atoms with E-state index in [1.165, 1.54) is 0 Å². The van der Waals surface area contributed by atoms with Gasteiger partial charge in [-0.3, -0.25) is 0 Å². The molecule has 92 valence electrons. The molecule has 1 aliphatic rings. The van der Waals surface area contributed by atoms with Crippen LogP contribution < -0.4 is 10.5 Å². The largest absolute Gasteiger partial charge is 0.488 e. The highest BCUT2D eigenvalue weighted by Gasteiger charge is 2.35. The van der Waals surface area contributed by atoms with Crippen LogP contribution in [0, 0.1) is 0 Å². The summed E-state index contributed by atoms with van der Waals surface area (Å²) in [4.78, 5) is 0. The van der Waals surface area contributed by atoms with E-state index in [9.17, 15) is 8.42 Å². The Labute approximate surface area is 101 Å². The summed E-state index contributed by atoms with van der Waals surface area (Å²) in [5.74, 6) is 0.940. The molecule has 0 spiro atoms. The van der Waals surface area contributed by atoms with Crippen molar-refractivity contribution in [3.05, 3.63) is 35.9 Å². The van der Waals surface area contributed by atoms with E-state index in [0.717, 1.165) is 5.56 Å². The second-order valence-electron chi connectivity index (χ2n) is 4.03. The van der Waals surface area contributed by atoms with Crippen molar-refractivity contribution < 1.29 is 13.2 Å². The fraction of sp³-hybridized carbons (Fsp3) is 0.333. The molecule has 0 amide bonds. The van der Waals surface area contributed by atoms with Crippen molar-refractivity contribution in [2.75, 3.05) is 18.1 Å². The van der Waals surface area contributed by atoms with E-state index in [4.69, 9.17) is 10.5 Å². The molecular formula is C12H15NO3S. The van der Waals surface area contributed by atoms with E-state index in [2.05, 4.69) is 0 Å². The molecule has 0 bridgehead atoms. The highest BCUT2D eigenvalue weighted by atomic mass is 32.2. The lowest BCUT2D eigenvalue weighted by atomic mass is 10.2. The third-order valence-electron chi connectivity index (χ3n) is 2.49. The highest BCUT2D eigenvalue weighted by Crippen LogP contribution is 2.21. The molecule has 5 heteroatoms. The molecule has 0 saturated carbocycles. The molecule has 0 radical (unpaired) electrons. The molecule has 0 atom stereocenters. The number of benzene rings is 1. The second-order valence-corrected chi connectivity index (χ2v) is 6.18. The predicted octanol–water partition coefficient (Wildman–Crippen LogP) is 0.834. The average molecular weight is 253 g/mol. The van der Waals surface area contributed by atoms with Gasteiger partial charge in [0.15, 0.2) is 9.84 Å². The minimum atomic E-state index is -2.83. The number of rotatable bonds is 4. The van der Waals surface area contributed by atoms with Crippen LogP contribution in [0.1, 0.15) is 5.56 Å². The monoisotopic (exact) mass is 253 g/mol. The number of sulfone groups is 1. The van der Waals surface area contributed by atoms with E-state index in [1.54, 1.807) is 0 Å². The van der Waals surface area contributed by atoms with Crippen LogP contribution in [0.2, 0.25) is 0 Å². The third-order valence-corrected chi connectivity index (χ3v) is 4.25. The van der Waals surface area contributed by atoms with Gasteiger partial charge in [0.05, 0.1) is 11.5 Å².